The Morgan fingerprint density at radius 1 is 1.00 bits per heavy atom. The molecule has 0 aliphatic heterocycles. The molecule has 18 heavy (non-hydrogen) atoms. The summed E-state index contributed by atoms with van der Waals surface area (Å²) in [6.07, 6.45) is 0.419. The fraction of sp³-hybridized carbons (Fsp3) is 0.0714. The van der Waals surface area contributed by atoms with Crippen LogP contribution in [0.5, 0.6) is 11.5 Å². The van der Waals surface area contributed by atoms with Gasteiger partial charge in [0, 0.05) is 6.42 Å². The summed E-state index contributed by atoms with van der Waals surface area (Å²) in [4.78, 5) is 0. The SMILES string of the molecule is N/C(Cc1ccc(Oc2ccccc2)cc1)=N/O. The zero-order chi connectivity index (χ0) is 12.8. The molecule has 0 fully saturated rings. The largest absolute Gasteiger partial charge is 0.457 e. The first-order chi connectivity index (χ1) is 8.78. The number of amidine groups is 1. The fourth-order valence-corrected chi connectivity index (χ4v) is 1.54. The van der Waals surface area contributed by atoms with Gasteiger partial charge in [0.1, 0.15) is 17.3 Å². The third-order valence-electron chi connectivity index (χ3n) is 2.42. The average molecular weight is 242 g/mol. The van der Waals surface area contributed by atoms with E-state index < -0.39 is 0 Å². The quantitative estimate of drug-likeness (QED) is 0.375. The topological polar surface area (TPSA) is 67.8 Å². The molecule has 0 aliphatic rings. The van der Waals surface area contributed by atoms with Gasteiger partial charge in [0.15, 0.2) is 0 Å². The molecule has 92 valence electrons. The molecule has 3 N–H and O–H groups in total. The first-order valence-electron chi connectivity index (χ1n) is 5.56. The van der Waals surface area contributed by atoms with Crippen LogP contribution in [0, 0.1) is 0 Å². The molecular weight excluding hydrogens is 228 g/mol. The fourth-order valence-electron chi connectivity index (χ4n) is 1.54. The number of para-hydroxylation sites is 1. The van der Waals surface area contributed by atoms with Crippen LogP contribution in [-0.4, -0.2) is 11.0 Å². The van der Waals surface area contributed by atoms with Crippen LogP contribution < -0.4 is 10.5 Å². The lowest BCUT2D eigenvalue weighted by atomic mass is 10.1. The number of hydrogen-bond donors (Lipinski definition) is 2. The van der Waals surface area contributed by atoms with Gasteiger partial charge in [-0.1, -0.05) is 35.5 Å². The Kier molecular flexibility index (Phi) is 3.81. The van der Waals surface area contributed by atoms with Crippen LogP contribution in [0.25, 0.3) is 0 Å². The maximum Gasteiger partial charge on any atom is 0.143 e. The molecule has 0 saturated heterocycles. The lowest BCUT2D eigenvalue weighted by Gasteiger charge is -2.06. The Morgan fingerprint density at radius 2 is 1.61 bits per heavy atom. The van der Waals surface area contributed by atoms with Crippen LogP contribution in [0.3, 0.4) is 0 Å². The number of oxime groups is 1. The molecule has 0 aromatic heterocycles. The Bertz CT molecular complexity index is 521. The van der Waals surface area contributed by atoms with E-state index in [1.165, 1.54) is 0 Å². The highest BCUT2D eigenvalue weighted by Gasteiger charge is 1.99. The summed E-state index contributed by atoms with van der Waals surface area (Å²) in [6, 6.07) is 17.0. The van der Waals surface area contributed by atoms with E-state index in [-0.39, 0.29) is 5.84 Å². The van der Waals surface area contributed by atoms with E-state index in [0.717, 1.165) is 17.1 Å². The summed E-state index contributed by atoms with van der Waals surface area (Å²) < 4.78 is 5.65. The molecule has 0 radical (unpaired) electrons. The minimum absolute atomic E-state index is 0.187. The van der Waals surface area contributed by atoms with Gasteiger partial charge in [0.25, 0.3) is 0 Å². The second-order valence-electron chi connectivity index (χ2n) is 3.83. The molecule has 0 amide bonds. The summed E-state index contributed by atoms with van der Waals surface area (Å²) in [7, 11) is 0. The van der Waals surface area contributed by atoms with E-state index in [2.05, 4.69) is 5.16 Å². The molecule has 0 heterocycles. The number of benzene rings is 2. The molecule has 0 aliphatic carbocycles. The van der Waals surface area contributed by atoms with Crippen LogP contribution in [0.2, 0.25) is 0 Å². The number of rotatable bonds is 4. The number of nitrogens with two attached hydrogens (primary N) is 1. The van der Waals surface area contributed by atoms with Gasteiger partial charge in [-0.2, -0.15) is 0 Å². The highest BCUT2D eigenvalue weighted by Crippen LogP contribution is 2.21. The number of hydrogen-bond acceptors (Lipinski definition) is 3. The molecule has 4 heteroatoms. The van der Waals surface area contributed by atoms with Crippen LogP contribution in [-0.2, 0) is 6.42 Å². The Hall–Kier alpha value is -2.49. The predicted octanol–water partition coefficient (Wildman–Crippen LogP) is 2.77. The normalized spacial score (nSPS) is 11.2. The molecular formula is C14H14N2O2. The van der Waals surface area contributed by atoms with Gasteiger partial charge in [-0.25, -0.2) is 0 Å². The van der Waals surface area contributed by atoms with Gasteiger partial charge in [-0.15, -0.1) is 0 Å². The summed E-state index contributed by atoms with van der Waals surface area (Å²) in [5.74, 6) is 1.73. The van der Waals surface area contributed by atoms with E-state index >= 15 is 0 Å². The van der Waals surface area contributed by atoms with Crippen molar-refractivity contribution >= 4 is 5.84 Å². The maximum atomic E-state index is 8.48. The first kappa shape index (κ1) is 12.0. The zero-order valence-corrected chi connectivity index (χ0v) is 9.78. The zero-order valence-electron chi connectivity index (χ0n) is 9.78. The van der Waals surface area contributed by atoms with Crippen molar-refractivity contribution in [3.63, 3.8) is 0 Å². The monoisotopic (exact) mass is 242 g/mol. The van der Waals surface area contributed by atoms with Gasteiger partial charge >= 0.3 is 0 Å². The van der Waals surface area contributed by atoms with Crippen LogP contribution >= 0.6 is 0 Å². The second-order valence-corrected chi connectivity index (χ2v) is 3.83. The van der Waals surface area contributed by atoms with Crippen molar-refractivity contribution in [1.82, 2.24) is 0 Å². The standard InChI is InChI=1S/C14H14N2O2/c15-14(16-17)10-11-6-8-13(9-7-11)18-12-4-2-1-3-5-12/h1-9,17H,10H2,(H2,15,16). The smallest absolute Gasteiger partial charge is 0.143 e. The number of ether oxygens (including phenoxy) is 1. The van der Waals surface area contributed by atoms with Crippen molar-refractivity contribution in [2.75, 3.05) is 0 Å². The second kappa shape index (κ2) is 5.72. The Balaban J connectivity index is 2.04. The molecule has 4 nitrogen and oxygen atoms in total. The molecule has 0 atom stereocenters. The predicted molar refractivity (Wildman–Crippen MR) is 70.1 cm³/mol. The van der Waals surface area contributed by atoms with Crippen LogP contribution in [0.1, 0.15) is 5.56 Å². The van der Waals surface area contributed by atoms with Crippen molar-refractivity contribution in [1.29, 1.82) is 0 Å². The summed E-state index contributed by atoms with van der Waals surface area (Å²) in [5, 5.41) is 11.4. The minimum atomic E-state index is 0.187. The van der Waals surface area contributed by atoms with Crippen molar-refractivity contribution in [2.24, 2.45) is 10.9 Å². The molecule has 0 bridgehead atoms. The minimum Gasteiger partial charge on any atom is -0.457 e. The Labute approximate surface area is 105 Å². The van der Waals surface area contributed by atoms with E-state index in [0.29, 0.717) is 6.42 Å². The van der Waals surface area contributed by atoms with Gasteiger partial charge in [-0.3, -0.25) is 0 Å². The van der Waals surface area contributed by atoms with Crippen molar-refractivity contribution in [2.45, 2.75) is 6.42 Å². The van der Waals surface area contributed by atoms with Crippen LogP contribution in [0.15, 0.2) is 59.8 Å². The number of nitrogens with zero attached hydrogens (tertiary/aromatic N) is 1. The van der Waals surface area contributed by atoms with Crippen molar-refractivity contribution in [3.8, 4) is 11.5 Å². The summed E-state index contributed by atoms with van der Waals surface area (Å²) >= 11 is 0. The van der Waals surface area contributed by atoms with E-state index in [1.807, 2.05) is 54.6 Å². The summed E-state index contributed by atoms with van der Waals surface area (Å²) in [5.41, 5.74) is 6.40. The van der Waals surface area contributed by atoms with Gasteiger partial charge in [0.2, 0.25) is 0 Å². The third kappa shape index (κ3) is 3.25. The molecule has 0 unspecified atom stereocenters. The maximum absolute atomic E-state index is 8.48. The van der Waals surface area contributed by atoms with Crippen LogP contribution in [0.4, 0.5) is 0 Å². The van der Waals surface area contributed by atoms with E-state index in [9.17, 15) is 0 Å². The molecule has 0 saturated carbocycles. The molecule has 0 spiro atoms. The Morgan fingerprint density at radius 3 is 2.22 bits per heavy atom. The first-order valence-corrected chi connectivity index (χ1v) is 5.56. The van der Waals surface area contributed by atoms with Crippen molar-refractivity contribution in [3.05, 3.63) is 60.2 Å². The highest BCUT2D eigenvalue weighted by molar-refractivity contribution is 5.82. The van der Waals surface area contributed by atoms with Crippen molar-refractivity contribution < 1.29 is 9.94 Å². The molecule has 2 aromatic rings. The lowest BCUT2D eigenvalue weighted by molar-refractivity contribution is 0.317. The molecule has 2 rings (SSSR count). The molecule has 2 aromatic carbocycles. The highest BCUT2D eigenvalue weighted by atomic mass is 16.5. The third-order valence-corrected chi connectivity index (χ3v) is 2.42. The van der Waals surface area contributed by atoms with Gasteiger partial charge in [-0.05, 0) is 29.8 Å². The van der Waals surface area contributed by atoms with Gasteiger partial charge < -0.3 is 15.7 Å². The van der Waals surface area contributed by atoms with Gasteiger partial charge in [0.05, 0.1) is 0 Å². The summed E-state index contributed by atoms with van der Waals surface area (Å²) in [6.45, 7) is 0. The average Bonchev–Trinajstić information content (AvgIpc) is 2.42. The lowest BCUT2D eigenvalue weighted by Crippen LogP contribution is -2.14. The van der Waals surface area contributed by atoms with E-state index in [4.69, 9.17) is 15.7 Å². The van der Waals surface area contributed by atoms with E-state index in [1.54, 1.807) is 0 Å².